The lowest BCUT2D eigenvalue weighted by atomic mass is 10.0. The van der Waals surface area contributed by atoms with Crippen LogP contribution in [0.25, 0.3) is 0 Å². The highest BCUT2D eigenvalue weighted by Crippen LogP contribution is 2.44. The summed E-state index contributed by atoms with van der Waals surface area (Å²) in [4.78, 5) is 17.1. The smallest absolute Gasteiger partial charge is 0.323 e. The Bertz CT molecular complexity index is 1200. The van der Waals surface area contributed by atoms with E-state index in [1.807, 2.05) is 77.9 Å². The Balaban J connectivity index is 1.48. The fourth-order valence-electron chi connectivity index (χ4n) is 3.74. The minimum Gasteiger partial charge on any atom is -0.488 e. The number of carbonyl (C=O) groups excluding carboxylic acids is 1. The van der Waals surface area contributed by atoms with E-state index in [2.05, 4.69) is 15.6 Å². The number of fused-ring (bicyclic) bond motifs is 1. The van der Waals surface area contributed by atoms with Gasteiger partial charge in [0.2, 0.25) is 5.88 Å². The number of pyridine rings is 1. The summed E-state index contributed by atoms with van der Waals surface area (Å²) in [7, 11) is 0. The fraction of sp³-hybridized carbons (Fsp3) is 0.333. The van der Waals surface area contributed by atoms with Gasteiger partial charge in [-0.15, -0.1) is 0 Å². The van der Waals surface area contributed by atoms with E-state index < -0.39 is 6.03 Å². The zero-order chi connectivity index (χ0) is 24.5. The summed E-state index contributed by atoms with van der Waals surface area (Å²) in [6.07, 6.45) is 2.49. The quantitative estimate of drug-likeness (QED) is 0.441. The van der Waals surface area contributed by atoms with Crippen LogP contribution in [0.4, 0.5) is 16.2 Å². The number of anilines is 2. The van der Waals surface area contributed by atoms with E-state index in [1.54, 1.807) is 18.3 Å². The summed E-state index contributed by atoms with van der Waals surface area (Å²) in [5.74, 6) is 2.30. The van der Waals surface area contributed by atoms with Crippen LogP contribution in [0.2, 0.25) is 0 Å². The molecule has 0 unspecified atom stereocenters. The number of aromatic nitrogens is 1. The van der Waals surface area contributed by atoms with Crippen molar-refractivity contribution in [3.8, 4) is 23.1 Å². The molecule has 2 aromatic carbocycles. The van der Waals surface area contributed by atoms with Gasteiger partial charge in [-0.05, 0) is 83.5 Å². The summed E-state index contributed by atoms with van der Waals surface area (Å²) >= 11 is 0. The van der Waals surface area contributed by atoms with E-state index >= 15 is 0 Å². The molecule has 0 atom stereocenters. The van der Waals surface area contributed by atoms with Crippen molar-refractivity contribution in [2.24, 2.45) is 0 Å². The number of hydrogen-bond acceptors (Lipinski definition) is 5. The van der Waals surface area contributed by atoms with Crippen molar-refractivity contribution < 1.29 is 19.0 Å². The Labute approximate surface area is 200 Å². The number of nitrogens with one attached hydrogen (secondary N) is 2. The van der Waals surface area contributed by atoms with Crippen LogP contribution >= 0.6 is 0 Å². The number of nitrogens with zero attached hydrogens (tertiary/aromatic N) is 1. The molecule has 0 radical (unpaired) electrons. The molecule has 0 fully saturated rings. The van der Waals surface area contributed by atoms with Crippen LogP contribution in [0.5, 0.6) is 23.1 Å². The van der Waals surface area contributed by atoms with Gasteiger partial charge in [0, 0.05) is 23.9 Å². The van der Waals surface area contributed by atoms with Gasteiger partial charge in [0.05, 0.1) is 0 Å². The Kier molecular flexibility index (Phi) is 6.13. The first-order valence-corrected chi connectivity index (χ1v) is 11.3. The molecule has 1 aliphatic rings. The minimum absolute atomic E-state index is 0.288. The first-order chi connectivity index (χ1) is 16.0. The van der Waals surface area contributed by atoms with E-state index in [1.165, 1.54) is 0 Å². The van der Waals surface area contributed by atoms with E-state index in [4.69, 9.17) is 14.2 Å². The third-order valence-corrected chi connectivity index (χ3v) is 5.03. The largest absolute Gasteiger partial charge is 0.488 e. The van der Waals surface area contributed by atoms with E-state index in [0.717, 1.165) is 23.3 Å². The number of rotatable bonds is 5. The highest BCUT2D eigenvalue weighted by atomic mass is 16.5. The summed E-state index contributed by atoms with van der Waals surface area (Å²) in [5, 5.41) is 5.68. The molecule has 0 bridgehead atoms. The predicted octanol–water partition coefficient (Wildman–Crippen LogP) is 6.72. The molecule has 2 N–H and O–H groups in total. The van der Waals surface area contributed by atoms with Gasteiger partial charge in [0.1, 0.15) is 22.6 Å². The fourth-order valence-corrected chi connectivity index (χ4v) is 3.74. The van der Waals surface area contributed by atoms with Crippen LogP contribution < -0.4 is 24.8 Å². The van der Waals surface area contributed by atoms with Gasteiger partial charge < -0.3 is 24.8 Å². The monoisotopic (exact) mass is 461 g/mol. The second-order valence-corrected chi connectivity index (χ2v) is 10.1. The van der Waals surface area contributed by atoms with Crippen molar-refractivity contribution >= 4 is 17.4 Å². The Hall–Kier alpha value is -3.74. The van der Waals surface area contributed by atoms with Crippen LogP contribution in [0.15, 0.2) is 54.7 Å². The van der Waals surface area contributed by atoms with Crippen molar-refractivity contribution in [2.45, 2.75) is 59.2 Å². The molecule has 0 saturated carbocycles. The summed E-state index contributed by atoms with van der Waals surface area (Å²) < 4.78 is 18.0. The Morgan fingerprint density at radius 3 is 2.53 bits per heavy atom. The van der Waals surface area contributed by atoms with E-state index in [0.29, 0.717) is 22.9 Å². The first kappa shape index (κ1) is 23.4. The van der Waals surface area contributed by atoms with Crippen molar-refractivity contribution in [1.29, 1.82) is 0 Å². The molecule has 4 rings (SSSR count). The molecule has 7 nitrogen and oxygen atoms in total. The molecule has 2 heterocycles. The van der Waals surface area contributed by atoms with E-state index in [-0.39, 0.29) is 17.1 Å². The Morgan fingerprint density at radius 1 is 1.09 bits per heavy atom. The van der Waals surface area contributed by atoms with Gasteiger partial charge in [0.25, 0.3) is 0 Å². The average Bonchev–Trinajstić information content (AvgIpc) is 3.05. The third kappa shape index (κ3) is 5.78. The van der Waals surface area contributed by atoms with Crippen LogP contribution in [-0.4, -0.2) is 22.2 Å². The molecular weight excluding hydrogens is 430 g/mol. The number of carbonyl (C=O) groups is 1. The van der Waals surface area contributed by atoms with Crippen LogP contribution in [0.3, 0.4) is 0 Å². The highest BCUT2D eigenvalue weighted by molar-refractivity contribution is 6.00. The number of amides is 2. The molecular formula is C27H31N3O4. The molecule has 3 aromatic rings. The summed E-state index contributed by atoms with van der Waals surface area (Å²) in [6, 6.07) is 14.4. The maximum atomic E-state index is 12.7. The molecule has 0 spiro atoms. The molecule has 0 saturated heterocycles. The van der Waals surface area contributed by atoms with Gasteiger partial charge in [-0.25, -0.2) is 9.78 Å². The second-order valence-electron chi connectivity index (χ2n) is 10.1. The number of para-hydroxylation sites is 1. The van der Waals surface area contributed by atoms with Crippen LogP contribution in [-0.2, 0) is 6.42 Å². The number of benzene rings is 2. The molecule has 178 valence electrons. The average molecular weight is 462 g/mol. The van der Waals surface area contributed by atoms with Gasteiger partial charge in [-0.1, -0.05) is 12.1 Å². The summed E-state index contributed by atoms with van der Waals surface area (Å²) in [5.41, 5.74) is 2.48. The lowest BCUT2D eigenvalue weighted by Crippen LogP contribution is -2.24. The topological polar surface area (TPSA) is 81.7 Å². The van der Waals surface area contributed by atoms with Crippen LogP contribution in [0.1, 0.15) is 45.7 Å². The number of hydrogen-bond donors (Lipinski definition) is 2. The minimum atomic E-state index is -0.405. The van der Waals surface area contributed by atoms with Crippen molar-refractivity contribution in [2.75, 3.05) is 10.6 Å². The van der Waals surface area contributed by atoms with Gasteiger partial charge in [-0.3, -0.25) is 0 Å². The predicted molar refractivity (Wildman–Crippen MR) is 133 cm³/mol. The third-order valence-electron chi connectivity index (χ3n) is 5.03. The molecule has 0 aliphatic carbocycles. The zero-order valence-corrected chi connectivity index (χ0v) is 20.5. The van der Waals surface area contributed by atoms with Gasteiger partial charge in [0.15, 0.2) is 11.5 Å². The lowest BCUT2D eigenvalue weighted by molar-refractivity contribution is 0.131. The molecule has 2 amide bonds. The number of urea groups is 1. The second kappa shape index (κ2) is 8.89. The molecule has 1 aliphatic heterocycles. The van der Waals surface area contributed by atoms with Crippen molar-refractivity contribution in [3.05, 3.63) is 65.9 Å². The maximum Gasteiger partial charge on any atom is 0.323 e. The first-order valence-electron chi connectivity index (χ1n) is 11.3. The van der Waals surface area contributed by atoms with Crippen molar-refractivity contribution in [1.82, 2.24) is 4.98 Å². The van der Waals surface area contributed by atoms with Crippen molar-refractivity contribution in [3.63, 3.8) is 0 Å². The number of aryl methyl sites for hydroxylation is 1. The normalized spacial score (nSPS) is 14.1. The zero-order valence-electron chi connectivity index (χ0n) is 20.5. The lowest BCUT2D eigenvalue weighted by Gasteiger charge is -2.21. The molecule has 34 heavy (non-hydrogen) atoms. The van der Waals surface area contributed by atoms with Gasteiger partial charge in [-0.2, -0.15) is 0 Å². The van der Waals surface area contributed by atoms with Gasteiger partial charge >= 0.3 is 6.03 Å². The number of ether oxygens (including phenoxy) is 3. The van der Waals surface area contributed by atoms with Crippen LogP contribution in [0, 0.1) is 6.92 Å². The van der Waals surface area contributed by atoms with E-state index in [9.17, 15) is 4.79 Å². The molecule has 1 aromatic heterocycles. The Morgan fingerprint density at radius 2 is 1.82 bits per heavy atom. The summed E-state index contributed by atoms with van der Waals surface area (Å²) in [6.45, 7) is 11.9. The highest BCUT2D eigenvalue weighted by Gasteiger charge is 2.32. The standard InChI is InChI=1S/C27H31N3O4/c1-17-14-21(30-25(31)29-19-10-12-20(13-11-19)33-26(2,3)4)24(28-16-17)32-22-9-7-8-18-15-27(5,6)34-23(18)22/h7-14,16H,15H2,1-6H3,(H2,29,30,31). The maximum absolute atomic E-state index is 12.7. The molecule has 7 heteroatoms. The SMILES string of the molecule is Cc1cnc(Oc2cccc3c2OC(C)(C)C3)c(NC(=O)Nc2ccc(OC(C)(C)C)cc2)c1.